The monoisotopic (exact) mass is 268 g/mol. The molecule has 0 bridgehead atoms. The third-order valence-electron chi connectivity index (χ3n) is 4.16. The Morgan fingerprint density at radius 1 is 1.16 bits per heavy atom. The zero-order chi connectivity index (χ0) is 13.9. The second-order valence-corrected chi connectivity index (χ2v) is 6.95. The van der Waals surface area contributed by atoms with Crippen LogP contribution in [0.25, 0.3) is 0 Å². The number of carbonyl (C=O) groups excluding carboxylic acids is 1. The molecule has 1 unspecified atom stereocenters. The number of carbonyl (C=O) groups is 1. The molecule has 2 heterocycles. The maximum atomic E-state index is 12.5. The molecule has 0 radical (unpaired) electrons. The van der Waals surface area contributed by atoms with Crippen LogP contribution in [-0.2, 0) is 4.74 Å². The largest absolute Gasteiger partial charge is 0.444 e. The van der Waals surface area contributed by atoms with Crippen molar-refractivity contribution in [1.29, 1.82) is 0 Å². The van der Waals surface area contributed by atoms with Gasteiger partial charge in [0.2, 0.25) is 0 Å². The Bertz CT molecular complexity index is 315. The molecular weight excluding hydrogens is 240 g/mol. The van der Waals surface area contributed by atoms with Gasteiger partial charge in [-0.15, -0.1) is 0 Å². The Morgan fingerprint density at radius 2 is 1.84 bits per heavy atom. The molecule has 4 nitrogen and oxygen atoms in total. The van der Waals surface area contributed by atoms with Gasteiger partial charge in [-0.05, 0) is 65.8 Å². The van der Waals surface area contributed by atoms with E-state index in [1.54, 1.807) is 0 Å². The van der Waals surface area contributed by atoms with Crippen molar-refractivity contribution < 1.29 is 9.53 Å². The number of nitrogens with one attached hydrogen (secondary N) is 1. The highest BCUT2D eigenvalue weighted by Gasteiger charge is 2.43. The maximum absolute atomic E-state index is 12.5. The summed E-state index contributed by atoms with van der Waals surface area (Å²) in [5, 5.41) is 3.51. The first-order chi connectivity index (χ1) is 8.93. The van der Waals surface area contributed by atoms with Crippen molar-refractivity contribution in [1.82, 2.24) is 10.2 Å². The van der Waals surface area contributed by atoms with Gasteiger partial charge >= 0.3 is 6.09 Å². The average molecular weight is 268 g/mol. The molecule has 2 aliphatic heterocycles. The molecule has 0 aromatic rings. The van der Waals surface area contributed by atoms with Crippen molar-refractivity contribution in [2.75, 3.05) is 19.6 Å². The number of likely N-dealkylation sites (tertiary alicyclic amines) is 1. The molecule has 0 aromatic heterocycles. The van der Waals surface area contributed by atoms with E-state index in [0.29, 0.717) is 0 Å². The van der Waals surface area contributed by atoms with Crippen LogP contribution in [0.4, 0.5) is 4.79 Å². The molecule has 4 heteroatoms. The number of ether oxygens (including phenoxy) is 1. The van der Waals surface area contributed by atoms with Gasteiger partial charge in [-0.1, -0.05) is 0 Å². The first kappa shape index (κ1) is 14.6. The second kappa shape index (κ2) is 5.70. The van der Waals surface area contributed by atoms with E-state index in [9.17, 15) is 4.79 Å². The molecule has 1 atom stereocenters. The fourth-order valence-corrected chi connectivity index (χ4v) is 3.26. The summed E-state index contributed by atoms with van der Waals surface area (Å²) in [4.78, 5) is 14.5. The van der Waals surface area contributed by atoms with E-state index in [-0.39, 0.29) is 11.6 Å². The summed E-state index contributed by atoms with van der Waals surface area (Å²) in [6, 6.07) is 0. The third kappa shape index (κ3) is 3.62. The van der Waals surface area contributed by atoms with Crippen molar-refractivity contribution >= 4 is 6.09 Å². The molecule has 0 aromatic carbocycles. The Hall–Kier alpha value is -0.770. The lowest BCUT2D eigenvalue weighted by Gasteiger charge is -2.47. The first-order valence-corrected chi connectivity index (χ1v) is 7.64. The van der Waals surface area contributed by atoms with E-state index in [0.717, 1.165) is 38.9 Å². The number of hydrogen-bond donors (Lipinski definition) is 1. The van der Waals surface area contributed by atoms with Crippen molar-refractivity contribution in [3.63, 3.8) is 0 Å². The van der Waals surface area contributed by atoms with Crippen molar-refractivity contribution in [3.05, 3.63) is 0 Å². The Morgan fingerprint density at radius 3 is 2.53 bits per heavy atom. The summed E-state index contributed by atoms with van der Waals surface area (Å²) in [6.07, 6.45) is 6.83. The zero-order valence-corrected chi connectivity index (χ0v) is 12.6. The molecule has 0 saturated carbocycles. The van der Waals surface area contributed by atoms with Gasteiger partial charge in [-0.25, -0.2) is 4.79 Å². The predicted molar refractivity (Wildman–Crippen MR) is 76.2 cm³/mol. The van der Waals surface area contributed by atoms with E-state index in [2.05, 4.69) is 5.32 Å². The minimum absolute atomic E-state index is 0.00289. The molecule has 2 saturated heterocycles. The zero-order valence-electron chi connectivity index (χ0n) is 12.6. The molecule has 0 aliphatic carbocycles. The van der Waals surface area contributed by atoms with Gasteiger partial charge in [-0.3, -0.25) is 0 Å². The van der Waals surface area contributed by atoms with Crippen LogP contribution in [-0.4, -0.2) is 41.8 Å². The van der Waals surface area contributed by atoms with E-state index in [1.165, 1.54) is 19.3 Å². The number of nitrogens with zero attached hydrogens (tertiary/aromatic N) is 1. The number of hydrogen-bond acceptors (Lipinski definition) is 3. The summed E-state index contributed by atoms with van der Waals surface area (Å²) in [5.41, 5.74) is -0.412. The van der Waals surface area contributed by atoms with E-state index >= 15 is 0 Å². The topological polar surface area (TPSA) is 41.6 Å². The Kier molecular flexibility index (Phi) is 4.39. The van der Waals surface area contributed by atoms with Gasteiger partial charge < -0.3 is 15.0 Å². The van der Waals surface area contributed by atoms with Gasteiger partial charge in [0.1, 0.15) is 5.60 Å². The minimum atomic E-state index is -0.409. The van der Waals surface area contributed by atoms with Crippen LogP contribution in [0.1, 0.15) is 59.3 Å². The minimum Gasteiger partial charge on any atom is -0.444 e. The van der Waals surface area contributed by atoms with Crippen LogP contribution in [0, 0.1) is 0 Å². The summed E-state index contributed by atoms with van der Waals surface area (Å²) in [5.74, 6) is 0. The smallest absolute Gasteiger partial charge is 0.410 e. The predicted octanol–water partition coefficient (Wildman–Crippen LogP) is 2.92. The highest BCUT2D eigenvalue weighted by atomic mass is 16.6. The van der Waals surface area contributed by atoms with Gasteiger partial charge in [0.05, 0.1) is 5.54 Å². The molecule has 1 N–H and O–H groups in total. The van der Waals surface area contributed by atoms with E-state index in [1.807, 2.05) is 25.7 Å². The molecule has 1 amide bonds. The molecule has 2 fully saturated rings. The quantitative estimate of drug-likeness (QED) is 0.734. The highest BCUT2D eigenvalue weighted by Crippen LogP contribution is 2.34. The third-order valence-corrected chi connectivity index (χ3v) is 4.16. The summed E-state index contributed by atoms with van der Waals surface area (Å²) in [6.45, 7) is 8.65. The second-order valence-electron chi connectivity index (χ2n) is 6.95. The molecule has 2 aliphatic rings. The lowest BCUT2D eigenvalue weighted by Crippen LogP contribution is -2.59. The van der Waals surface area contributed by atoms with Crippen LogP contribution in [0.2, 0.25) is 0 Å². The van der Waals surface area contributed by atoms with Crippen LogP contribution in [0.15, 0.2) is 0 Å². The molecule has 110 valence electrons. The number of amides is 1. The lowest BCUT2D eigenvalue weighted by atomic mass is 9.83. The summed E-state index contributed by atoms with van der Waals surface area (Å²) in [7, 11) is 0. The van der Waals surface area contributed by atoms with Gasteiger partial charge in [0, 0.05) is 13.1 Å². The summed E-state index contributed by atoms with van der Waals surface area (Å²) >= 11 is 0. The molecule has 1 spiro atoms. The van der Waals surface area contributed by atoms with Crippen molar-refractivity contribution in [3.8, 4) is 0 Å². The highest BCUT2D eigenvalue weighted by molar-refractivity contribution is 5.69. The molecular formula is C15H28N2O2. The van der Waals surface area contributed by atoms with Crippen LogP contribution in [0.5, 0.6) is 0 Å². The lowest BCUT2D eigenvalue weighted by molar-refractivity contribution is -0.0170. The Labute approximate surface area is 116 Å². The van der Waals surface area contributed by atoms with Crippen molar-refractivity contribution in [2.24, 2.45) is 0 Å². The Balaban J connectivity index is 2.12. The number of piperidine rings is 1. The van der Waals surface area contributed by atoms with Gasteiger partial charge in [0.25, 0.3) is 0 Å². The maximum Gasteiger partial charge on any atom is 0.410 e. The van der Waals surface area contributed by atoms with Crippen LogP contribution in [0.3, 0.4) is 0 Å². The van der Waals surface area contributed by atoms with Gasteiger partial charge in [0.15, 0.2) is 0 Å². The summed E-state index contributed by atoms with van der Waals surface area (Å²) < 4.78 is 5.60. The van der Waals surface area contributed by atoms with Gasteiger partial charge in [-0.2, -0.15) is 0 Å². The molecule has 19 heavy (non-hydrogen) atoms. The normalized spacial score (nSPS) is 29.1. The van der Waals surface area contributed by atoms with Crippen LogP contribution < -0.4 is 5.32 Å². The number of rotatable bonds is 0. The first-order valence-electron chi connectivity index (χ1n) is 7.64. The van der Waals surface area contributed by atoms with E-state index < -0.39 is 5.60 Å². The standard InChI is InChI=1S/C15H28N2O2/c1-14(2,3)19-13(18)17-11-7-5-9-15(17)8-4-6-10-16-12-15/h16H,4-12H2,1-3H3. The average Bonchev–Trinajstić information content (AvgIpc) is 2.54. The molecule has 2 rings (SSSR count). The fourth-order valence-electron chi connectivity index (χ4n) is 3.26. The SMILES string of the molecule is CC(C)(C)OC(=O)N1CCCCC12CCCCNC2. The van der Waals surface area contributed by atoms with Crippen molar-refractivity contribution in [2.45, 2.75) is 70.4 Å². The van der Waals surface area contributed by atoms with Crippen LogP contribution >= 0.6 is 0 Å². The van der Waals surface area contributed by atoms with E-state index in [4.69, 9.17) is 4.74 Å². The fraction of sp³-hybridized carbons (Fsp3) is 0.933.